The number of carbonyl (C=O) groups is 1. The summed E-state index contributed by atoms with van der Waals surface area (Å²) in [7, 11) is 1.71. The molecule has 11 heteroatoms. The largest absolute Gasteiger partial charge is 0.383 e. The lowest BCUT2D eigenvalue weighted by atomic mass is 10.1. The molecule has 0 aliphatic carbocycles. The first kappa shape index (κ1) is 21.5. The first-order chi connectivity index (χ1) is 16.4. The van der Waals surface area contributed by atoms with Crippen LogP contribution in [0.3, 0.4) is 0 Å². The van der Waals surface area contributed by atoms with Crippen LogP contribution in [0.1, 0.15) is 17.3 Å². The highest BCUT2D eigenvalue weighted by molar-refractivity contribution is 6.14. The van der Waals surface area contributed by atoms with E-state index >= 15 is 0 Å². The first-order valence-corrected chi connectivity index (χ1v) is 10.6. The number of nitrogens with one attached hydrogen (secondary N) is 2. The van der Waals surface area contributed by atoms with Gasteiger partial charge in [-0.25, -0.2) is 19.3 Å². The minimum atomic E-state index is -0.515. The van der Waals surface area contributed by atoms with Crippen molar-refractivity contribution in [2.45, 2.75) is 13.0 Å². The molecular formula is C23H22FN9O. The van der Waals surface area contributed by atoms with E-state index in [0.717, 1.165) is 5.69 Å². The van der Waals surface area contributed by atoms with Crippen molar-refractivity contribution in [2.24, 2.45) is 12.8 Å². The number of rotatable bonds is 6. The van der Waals surface area contributed by atoms with E-state index in [-0.39, 0.29) is 11.6 Å². The Hall–Kier alpha value is -4.38. The van der Waals surface area contributed by atoms with E-state index in [1.54, 1.807) is 60.9 Å². The molecule has 0 saturated heterocycles. The summed E-state index contributed by atoms with van der Waals surface area (Å²) in [4.78, 5) is 26.4. The number of halogens is 1. The van der Waals surface area contributed by atoms with Gasteiger partial charge in [0.1, 0.15) is 11.8 Å². The van der Waals surface area contributed by atoms with Gasteiger partial charge in [-0.1, -0.05) is 0 Å². The van der Waals surface area contributed by atoms with E-state index in [2.05, 4.69) is 30.7 Å². The van der Waals surface area contributed by atoms with Crippen molar-refractivity contribution < 1.29 is 9.18 Å². The SMILES string of the molecule is C[C@H](N)CNc1ccc(C(=O)Nc2cc(F)c3nn(C)cc3c2)c2nc(-n3ccnc3)ncc12. The monoisotopic (exact) mass is 459 g/mol. The molecule has 5 aromatic rings. The van der Waals surface area contributed by atoms with Gasteiger partial charge in [-0.3, -0.25) is 14.0 Å². The van der Waals surface area contributed by atoms with Gasteiger partial charge in [-0.2, -0.15) is 5.10 Å². The zero-order chi connectivity index (χ0) is 23.8. The summed E-state index contributed by atoms with van der Waals surface area (Å²) in [6.07, 6.45) is 8.24. The normalized spacial score (nSPS) is 12.2. The summed E-state index contributed by atoms with van der Waals surface area (Å²) in [5.41, 5.74) is 7.96. The summed E-state index contributed by atoms with van der Waals surface area (Å²) >= 11 is 0. The fourth-order valence-corrected chi connectivity index (χ4v) is 3.70. The van der Waals surface area contributed by atoms with E-state index in [4.69, 9.17) is 5.73 Å². The summed E-state index contributed by atoms with van der Waals surface area (Å²) in [6.45, 7) is 2.43. The average molecular weight is 459 g/mol. The minimum absolute atomic E-state index is 0.0681. The van der Waals surface area contributed by atoms with E-state index in [0.29, 0.717) is 40.0 Å². The second kappa shape index (κ2) is 8.52. The van der Waals surface area contributed by atoms with Gasteiger partial charge in [-0.15, -0.1) is 0 Å². The molecule has 0 radical (unpaired) electrons. The Labute approximate surface area is 193 Å². The third-order valence-electron chi connectivity index (χ3n) is 5.27. The number of amides is 1. The smallest absolute Gasteiger partial charge is 0.257 e. The molecule has 4 N–H and O–H groups in total. The van der Waals surface area contributed by atoms with Crippen molar-refractivity contribution in [3.63, 3.8) is 0 Å². The molecule has 172 valence electrons. The highest BCUT2D eigenvalue weighted by Gasteiger charge is 2.17. The maximum Gasteiger partial charge on any atom is 0.257 e. The van der Waals surface area contributed by atoms with Crippen LogP contribution < -0.4 is 16.4 Å². The van der Waals surface area contributed by atoms with Gasteiger partial charge in [0.2, 0.25) is 5.95 Å². The lowest BCUT2D eigenvalue weighted by molar-refractivity contribution is 0.102. The number of aromatic nitrogens is 6. The third kappa shape index (κ3) is 4.04. The Bertz CT molecular complexity index is 1510. The van der Waals surface area contributed by atoms with Crippen LogP contribution in [0.4, 0.5) is 15.8 Å². The number of imidazole rings is 1. The Morgan fingerprint density at radius 3 is 2.88 bits per heavy atom. The Morgan fingerprint density at radius 1 is 1.26 bits per heavy atom. The topological polar surface area (TPSA) is 129 Å². The number of carbonyl (C=O) groups excluding carboxylic acids is 1. The standard InChI is InChI=1S/C23H22FN9O/c1-13(25)9-27-19-4-3-16(21-17(19)10-28-23(30-21)33-6-5-26-12-33)22(34)29-15-7-14-11-32(2)31-20(14)18(24)8-15/h3-8,10-13,27H,9,25H2,1-2H3,(H,29,34)/t13-/m0/s1. The van der Waals surface area contributed by atoms with Crippen LogP contribution in [-0.2, 0) is 7.05 Å². The van der Waals surface area contributed by atoms with Crippen LogP contribution in [0.15, 0.2) is 55.4 Å². The number of hydrogen-bond acceptors (Lipinski definition) is 7. The summed E-state index contributed by atoms with van der Waals surface area (Å²) in [6, 6.07) is 6.31. The molecule has 3 aromatic heterocycles. The van der Waals surface area contributed by atoms with Gasteiger partial charge in [0.15, 0.2) is 5.82 Å². The number of anilines is 2. The second-order valence-corrected chi connectivity index (χ2v) is 8.07. The van der Waals surface area contributed by atoms with Gasteiger partial charge < -0.3 is 16.4 Å². The van der Waals surface area contributed by atoms with Crippen molar-refractivity contribution in [2.75, 3.05) is 17.2 Å². The fraction of sp³-hybridized carbons (Fsp3) is 0.174. The molecule has 0 unspecified atom stereocenters. The average Bonchev–Trinajstić information content (AvgIpc) is 3.46. The van der Waals surface area contributed by atoms with Crippen molar-refractivity contribution >= 4 is 39.1 Å². The molecule has 1 atom stereocenters. The number of aryl methyl sites for hydroxylation is 1. The maximum atomic E-state index is 14.5. The van der Waals surface area contributed by atoms with Crippen LogP contribution in [0, 0.1) is 5.82 Å². The quantitative estimate of drug-likeness (QED) is 0.356. The van der Waals surface area contributed by atoms with E-state index < -0.39 is 11.7 Å². The van der Waals surface area contributed by atoms with Crippen LogP contribution in [0.5, 0.6) is 0 Å². The van der Waals surface area contributed by atoms with Gasteiger partial charge in [0, 0.05) is 66.6 Å². The van der Waals surface area contributed by atoms with Crippen molar-refractivity contribution in [1.29, 1.82) is 0 Å². The fourth-order valence-electron chi connectivity index (χ4n) is 3.70. The van der Waals surface area contributed by atoms with E-state index in [1.807, 2.05) is 6.92 Å². The highest BCUT2D eigenvalue weighted by atomic mass is 19.1. The van der Waals surface area contributed by atoms with E-state index in [1.165, 1.54) is 10.7 Å². The first-order valence-electron chi connectivity index (χ1n) is 10.6. The molecule has 5 rings (SSSR count). The maximum absolute atomic E-state index is 14.5. The van der Waals surface area contributed by atoms with Crippen LogP contribution in [0.25, 0.3) is 27.8 Å². The molecule has 34 heavy (non-hydrogen) atoms. The van der Waals surface area contributed by atoms with E-state index in [9.17, 15) is 9.18 Å². The van der Waals surface area contributed by atoms with Gasteiger partial charge in [0.25, 0.3) is 5.91 Å². The van der Waals surface area contributed by atoms with Crippen LogP contribution in [-0.4, -0.2) is 47.8 Å². The lowest BCUT2D eigenvalue weighted by Gasteiger charge is -2.14. The molecule has 10 nitrogen and oxygen atoms in total. The summed E-state index contributed by atoms with van der Waals surface area (Å²) < 4.78 is 17.7. The molecule has 0 saturated carbocycles. The predicted octanol–water partition coefficient (Wildman–Crippen LogP) is 2.85. The minimum Gasteiger partial charge on any atom is -0.383 e. The number of benzene rings is 2. The van der Waals surface area contributed by atoms with Crippen molar-refractivity contribution in [1.82, 2.24) is 29.3 Å². The Balaban J connectivity index is 1.56. The molecule has 0 spiro atoms. The van der Waals surface area contributed by atoms with Crippen molar-refractivity contribution in [3.05, 3.63) is 66.8 Å². The van der Waals surface area contributed by atoms with Gasteiger partial charge in [-0.05, 0) is 31.2 Å². The molecule has 0 bridgehead atoms. The Kier molecular flexibility index (Phi) is 5.38. The molecule has 0 aliphatic rings. The molecule has 0 aliphatic heterocycles. The number of fused-ring (bicyclic) bond motifs is 2. The second-order valence-electron chi connectivity index (χ2n) is 8.07. The number of hydrogen-bond donors (Lipinski definition) is 3. The van der Waals surface area contributed by atoms with Gasteiger partial charge in [0.05, 0.1) is 11.1 Å². The zero-order valence-electron chi connectivity index (χ0n) is 18.5. The highest BCUT2D eigenvalue weighted by Crippen LogP contribution is 2.27. The summed E-state index contributed by atoms with van der Waals surface area (Å²) in [5.74, 6) is -0.577. The number of nitrogens with zero attached hydrogens (tertiary/aromatic N) is 6. The lowest BCUT2D eigenvalue weighted by Crippen LogP contribution is -2.25. The molecule has 1 amide bonds. The molecular weight excluding hydrogens is 437 g/mol. The van der Waals surface area contributed by atoms with Crippen molar-refractivity contribution in [3.8, 4) is 5.95 Å². The van der Waals surface area contributed by atoms with Crippen LogP contribution in [0.2, 0.25) is 0 Å². The molecule has 0 fully saturated rings. The Morgan fingerprint density at radius 2 is 2.12 bits per heavy atom. The van der Waals surface area contributed by atoms with Gasteiger partial charge >= 0.3 is 0 Å². The third-order valence-corrected chi connectivity index (χ3v) is 5.27. The zero-order valence-corrected chi connectivity index (χ0v) is 18.5. The number of nitrogens with two attached hydrogens (primary N) is 1. The molecule has 3 heterocycles. The molecule has 2 aromatic carbocycles. The van der Waals surface area contributed by atoms with Crippen LogP contribution >= 0.6 is 0 Å². The summed E-state index contributed by atoms with van der Waals surface area (Å²) in [5, 5.41) is 11.4. The predicted molar refractivity (Wildman–Crippen MR) is 127 cm³/mol.